The van der Waals surface area contributed by atoms with E-state index in [-0.39, 0.29) is 41.1 Å². The van der Waals surface area contributed by atoms with Gasteiger partial charge in [0.1, 0.15) is 17.3 Å². The summed E-state index contributed by atoms with van der Waals surface area (Å²) in [6.07, 6.45) is 4.92. The van der Waals surface area contributed by atoms with Gasteiger partial charge in [0.05, 0.1) is 12.3 Å². The van der Waals surface area contributed by atoms with Gasteiger partial charge in [-0.05, 0) is 42.0 Å². The summed E-state index contributed by atoms with van der Waals surface area (Å²) in [6.45, 7) is -0.319. The molecular weight excluding hydrogens is 546 g/mol. The topological polar surface area (TPSA) is 85.2 Å². The second-order valence-corrected chi connectivity index (χ2v) is 11.2. The van der Waals surface area contributed by atoms with Crippen LogP contribution in [0.2, 0.25) is 5.02 Å². The molecule has 5 rings (SSSR count). The third-order valence-corrected chi connectivity index (χ3v) is 7.74. The molecule has 0 aliphatic heterocycles. The van der Waals surface area contributed by atoms with Gasteiger partial charge in [0.15, 0.2) is 5.78 Å². The third-order valence-electron chi connectivity index (χ3n) is 6.30. The Hall–Kier alpha value is -4.08. The predicted molar refractivity (Wildman–Crippen MR) is 146 cm³/mol. The number of aromatic nitrogens is 1. The van der Waals surface area contributed by atoms with Crippen LogP contribution in [-0.2, 0) is 27.1 Å². The van der Waals surface area contributed by atoms with Crippen molar-refractivity contribution in [3.63, 3.8) is 0 Å². The number of ketones is 1. The van der Waals surface area contributed by atoms with Crippen LogP contribution in [0.1, 0.15) is 33.6 Å². The molecule has 1 aliphatic rings. The van der Waals surface area contributed by atoms with E-state index in [1.54, 1.807) is 60.7 Å². The first-order chi connectivity index (χ1) is 18.6. The minimum atomic E-state index is -4.18. The van der Waals surface area contributed by atoms with E-state index in [1.807, 2.05) is 0 Å². The van der Waals surface area contributed by atoms with Crippen molar-refractivity contribution in [2.75, 3.05) is 0 Å². The molecule has 0 saturated heterocycles. The van der Waals surface area contributed by atoms with E-state index in [2.05, 4.69) is 4.72 Å². The van der Waals surface area contributed by atoms with Crippen LogP contribution >= 0.6 is 11.6 Å². The number of Topliss-reactive ketones (excluding diaryl/α,β-unsaturated/α-hetero) is 1. The number of carbonyl (C=O) groups is 2. The van der Waals surface area contributed by atoms with E-state index in [4.69, 9.17) is 11.6 Å². The van der Waals surface area contributed by atoms with Crippen LogP contribution < -0.4 is 4.72 Å². The van der Waals surface area contributed by atoms with Gasteiger partial charge < -0.3 is 4.57 Å². The van der Waals surface area contributed by atoms with Gasteiger partial charge in [-0.3, -0.25) is 9.59 Å². The Morgan fingerprint density at radius 3 is 2.54 bits per heavy atom. The molecule has 198 valence electrons. The number of rotatable bonds is 7. The minimum Gasteiger partial charge on any atom is -0.331 e. The van der Waals surface area contributed by atoms with Crippen molar-refractivity contribution >= 4 is 49.8 Å². The maximum Gasteiger partial charge on any atom is 0.282 e. The van der Waals surface area contributed by atoms with Gasteiger partial charge >= 0.3 is 0 Å². The molecule has 3 aromatic carbocycles. The normalized spacial score (nSPS) is 13.5. The number of nitrogens with zero attached hydrogens (tertiary/aromatic N) is 1. The molecule has 0 unspecified atom stereocenters. The second-order valence-electron chi connectivity index (χ2n) is 9.02. The molecule has 4 aromatic rings. The Bertz CT molecular complexity index is 1800. The molecular formula is C29H21ClF2N2O4S. The smallest absolute Gasteiger partial charge is 0.282 e. The standard InChI is InChI=1S/C29H21ClF2N2O4S/c30-20-10-13-25-23(15-20)27(22-8-4-5-9-26(22)35)28(34(25)16-19-14-21(31)11-12-24(19)32)29(36)33-39(37,38)17-18-6-2-1-3-7-18/h1-8,10-15H,9,16-17H2,(H,33,36). The fourth-order valence-corrected chi connectivity index (χ4v) is 5.87. The minimum absolute atomic E-state index is 0.0709. The van der Waals surface area contributed by atoms with Gasteiger partial charge in [-0.2, -0.15) is 0 Å². The Morgan fingerprint density at radius 1 is 1.03 bits per heavy atom. The van der Waals surface area contributed by atoms with Gasteiger partial charge in [0, 0.05) is 39.0 Å². The number of allylic oxidation sites excluding steroid dienone is 4. The molecule has 1 amide bonds. The monoisotopic (exact) mass is 566 g/mol. The first-order valence-electron chi connectivity index (χ1n) is 11.9. The van der Waals surface area contributed by atoms with Crippen molar-refractivity contribution in [1.29, 1.82) is 0 Å². The lowest BCUT2D eigenvalue weighted by Gasteiger charge is -2.15. The summed E-state index contributed by atoms with van der Waals surface area (Å²) in [5, 5.41) is 0.695. The average Bonchev–Trinajstić information content (AvgIpc) is 3.19. The number of benzene rings is 3. The van der Waals surface area contributed by atoms with Crippen LogP contribution in [0.15, 0.2) is 85.0 Å². The summed E-state index contributed by atoms with van der Waals surface area (Å²) in [7, 11) is -4.18. The summed E-state index contributed by atoms with van der Waals surface area (Å²) < 4.78 is 58.2. The SMILES string of the molecule is O=C1CC=CC=C1c1c(C(=O)NS(=O)(=O)Cc2ccccc2)n(Cc2cc(F)ccc2F)c2ccc(Cl)cc12. The van der Waals surface area contributed by atoms with Crippen molar-refractivity contribution < 1.29 is 26.8 Å². The molecule has 1 aliphatic carbocycles. The van der Waals surface area contributed by atoms with Crippen molar-refractivity contribution in [2.45, 2.75) is 18.7 Å². The zero-order chi connectivity index (χ0) is 27.7. The van der Waals surface area contributed by atoms with Gasteiger partial charge in [-0.25, -0.2) is 21.9 Å². The number of nitrogens with one attached hydrogen (secondary N) is 1. The Labute approximate surface area is 228 Å². The molecule has 0 atom stereocenters. The average molecular weight is 567 g/mol. The highest BCUT2D eigenvalue weighted by molar-refractivity contribution is 7.89. The summed E-state index contributed by atoms with van der Waals surface area (Å²) in [6, 6.07) is 15.9. The fraction of sp³-hybridized carbons (Fsp3) is 0.103. The molecule has 0 bridgehead atoms. The molecule has 0 saturated carbocycles. The lowest BCUT2D eigenvalue weighted by atomic mass is 9.93. The maximum absolute atomic E-state index is 14.7. The summed E-state index contributed by atoms with van der Waals surface area (Å²) in [5.41, 5.74) is 0.912. The van der Waals surface area contributed by atoms with E-state index in [1.165, 1.54) is 10.6 Å². The third kappa shape index (κ3) is 5.55. The molecule has 0 fully saturated rings. The van der Waals surface area contributed by atoms with E-state index in [9.17, 15) is 26.8 Å². The van der Waals surface area contributed by atoms with E-state index < -0.39 is 33.3 Å². The lowest BCUT2D eigenvalue weighted by molar-refractivity contribution is -0.113. The zero-order valence-electron chi connectivity index (χ0n) is 20.3. The first kappa shape index (κ1) is 26.5. The van der Waals surface area contributed by atoms with Crippen LogP contribution in [0.25, 0.3) is 16.5 Å². The molecule has 1 heterocycles. The van der Waals surface area contributed by atoms with Crippen LogP contribution in [-0.4, -0.2) is 24.7 Å². The Kier molecular flexibility index (Phi) is 7.20. The number of carbonyl (C=O) groups excluding carboxylic acids is 2. The van der Waals surface area contributed by atoms with E-state index in [0.717, 1.165) is 18.2 Å². The molecule has 0 radical (unpaired) electrons. The Balaban J connectivity index is 1.71. The molecule has 1 aromatic heterocycles. The van der Waals surface area contributed by atoms with Crippen molar-refractivity contribution in [1.82, 2.24) is 9.29 Å². The van der Waals surface area contributed by atoms with Crippen molar-refractivity contribution in [3.8, 4) is 0 Å². The number of halogens is 3. The number of sulfonamides is 1. The van der Waals surface area contributed by atoms with E-state index >= 15 is 0 Å². The van der Waals surface area contributed by atoms with E-state index in [0.29, 0.717) is 21.5 Å². The molecule has 39 heavy (non-hydrogen) atoms. The summed E-state index contributed by atoms with van der Waals surface area (Å²) >= 11 is 6.28. The zero-order valence-corrected chi connectivity index (χ0v) is 21.9. The molecule has 10 heteroatoms. The number of amides is 1. The quantitative estimate of drug-likeness (QED) is 0.307. The molecule has 6 nitrogen and oxygen atoms in total. The number of fused-ring (bicyclic) bond motifs is 1. The van der Waals surface area contributed by atoms with Crippen LogP contribution in [0.4, 0.5) is 8.78 Å². The highest BCUT2D eigenvalue weighted by Crippen LogP contribution is 2.36. The second kappa shape index (κ2) is 10.6. The highest BCUT2D eigenvalue weighted by atomic mass is 35.5. The largest absolute Gasteiger partial charge is 0.331 e. The highest BCUT2D eigenvalue weighted by Gasteiger charge is 2.30. The summed E-state index contributed by atoms with van der Waals surface area (Å²) in [5.74, 6) is -3.18. The van der Waals surface area contributed by atoms with Gasteiger partial charge in [-0.1, -0.05) is 60.2 Å². The first-order valence-corrected chi connectivity index (χ1v) is 13.9. The van der Waals surface area contributed by atoms with Crippen LogP contribution in [0.5, 0.6) is 0 Å². The fourth-order valence-electron chi connectivity index (χ4n) is 4.62. The van der Waals surface area contributed by atoms with Crippen molar-refractivity contribution in [2.24, 2.45) is 0 Å². The van der Waals surface area contributed by atoms with Crippen LogP contribution in [0, 0.1) is 11.6 Å². The maximum atomic E-state index is 14.7. The van der Waals surface area contributed by atoms with Gasteiger partial charge in [-0.15, -0.1) is 0 Å². The predicted octanol–water partition coefficient (Wildman–Crippen LogP) is 5.79. The molecule has 1 N–H and O–H groups in total. The molecule has 0 spiro atoms. The van der Waals surface area contributed by atoms with Gasteiger partial charge in [0.2, 0.25) is 10.0 Å². The lowest BCUT2D eigenvalue weighted by Crippen LogP contribution is -2.34. The van der Waals surface area contributed by atoms with Crippen molar-refractivity contribution in [3.05, 3.63) is 124 Å². The van der Waals surface area contributed by atoms with Crippen LogP contribution in [0.3, 0.4) is 0 Å². The number of hydrogen-bond donors (Lipinski definition) is 1. The van der Waals surface area contributed by atoms with Gasteiger partial charge in [0.25, 0.3) is 5.91 Å². The Morgan fingerprint density at radius 2 is 1.79 bits per heavy atom. The number of hydrogen-bond acceptors (Lipinski definition) is 4. The summed E-state index contributed by atoms with van der Waals surface area (Å²) in [4.78, 5) is 26.7.